The van der Waals surface area contributed by atoms with Gasteiger partial charge in [-0.3, -0.25) is 4.90 Å². The predicted molar refractivity (Wildman–Crippen MR) is 66.5 cm³/mol. The highest BCUT2D eigenvalue weighted by molar-refractivity contribution is 5.25. The topological polar surface area (TPSA) is 23.5 Å². The number of alkyl halides is 3. The van der Waals surface area contributed by atoms with Gasteiger partial charge in [0.15, 0.2) is 0 Å². The van der Waals surface area contributed by atoms with E-state index in [1.165, 1.54) is 12.1 Å². The van der Waals surface area contributed by atoms with E-state index in [1.54, 1.807) is 6.07 Å². The number of likely N-dealkylation sites (tertiary alicyclic amines) is 1. The van der Waals surface area contributed by atoms with Crippen molar-refractivity contribution < 1.29 is 18.3 Å². The van der Waals surface area contributed by atoms with Crippen LogP contribution in [-0.2, 0) is 12.7 Å². The number of piperidine rings is 1. The minimum atomic E-state index is -4.29. The minimum Gasteiger partial charge on any atom is -0.393 e. The maximum Gasteiger partial charge on any atom is 0.416 e. The summed E-state index contributed by atoms with van der Waals surface area (Å²) in [6.07, 6.45) is -3.90. The van der Waals surface area contributed by atoms with Gasteiger partial charge in [-0.1, -0.05) is 25.1 Å². The summed E-state index contributed by atoms with van der Waals surface area (Å²) in [5.41, 5.74) is 0.0634. The van der Waals surface area contributed by atoms with Crippen molar-refractivity contribution >= 4 is 0 Å². The van der Waals surface area contributed by atoms with Crippen LogP contribution in [0.1, 0.15) is 24.5 Å². The molecule has 2 nitrogen and oxygen atoms in total. The average molecular weight is 273 g/mol. The monoisotopic (exact) mass is 273 g/mol. The van der Waals surface area contributed by atoms with Crippen LogP contribution in [0.15, 0.2) is 24.3 Å². The molecule has 1 aromatic carbocycles. The van der Waals surface area contributed by atoms with Crippen LogP contribution < -0.4 is 0 Å². The largest absolute Gasteiger partial charge is 0.416 e. The van der Waals surface area contributed by atoms with E-state index < -0.39 is 11.7 Å². The maximum absolute atomic E-state index is 12.6. The molecule has 1 aromatic rings. The molecule has 1 heterocycles. The first-order chi connectivity index (χ1) is 8.86. The minimum absolute atomic E-state index is 0.166. The van der Waals surface area contributed by atoms with Crippen molar-refractivity contribution in [2.24, 2.45) is 5.92 Å². The zero-order valence-electron chi connectivity index (χ0n) is 10.8. The SMILES string of the molecule is CC1CN(Cc2cccc(C(F)(F)F)c2)CCC1O. The first kappa shape index (κ1) is 14.3. The highest BCUT2D eigenvalue weighted by Gasteiger charge is 2.30. The van der Waals surface area contributed by atoms with Crippen LogP contribution in [0.4, 0.5) is 13.2 Å². The van der Waals surface area contributed by atoms with Gasteiger partial charge in [-0.15, -0.1) is 0 Å². The van der Waals surface area contributed by atoms with Crippen molar-refractivity contribution in [2.75, 3.05) is 13.1 Å². The summed E-state index contributed by atoms with van der Waals surface area (Å²) in [6.45, 7) is 3.91. The fourth-order valence-corrected chi connectivity index (χ4v) is 2.47. The molecule has 0 amide bonds. The van der Waals surface area contributed by atoms with E-state index >= 15 is 0 Å². The molecule has 2 atom stereocenters. The fraction of sp³-hybridized carbons (Fsp3) is 0.571. The molecule has 2 rings (SSSR count). The molecular formula is C14H18F3NO. The van der Waals surface area contributed by atoms with Crippen LogP contribution in [0.2, 0.25) is 0 Å². The van der Waals surface area contributed by atoms with Crippen LogP contribution >= 0.6 is 0 Å². The van der Waals surface area contributed by atoms with Gasteiger partial charge in [0.1, 0.15) is 0 Å². The molecule has 0 aliphatic carbocycles. The van der Waals surface area contributed by atoms with Crippen molar-refractivity contribution in [3.05, 3.63) is 35.4 Å². The Hall–Kier alpha value is -1.07. The highest BCUT2D eigenvalue weighted by atomic mass is 19.4. The summed E-state index contributed by atoms with van der Waals surface area (Å²) in [5, 5.41) is 9.64. The van der Waals surface area contributed by atoms with Gasteiger partial charge >= 0.3 is 6.18 Å². The van der Waals surface area contributed by atoms with Gasteiger partial charge in [0.2, 0.25) is 0 Å². The summed E-state index contributed by atoms with van der Waals surface area (Å²) >= 11 is 0. The molecule has 1 aliphatic rings. The summed E-state index contributed by atoms with van der Waals surface area (Å²) in [7, 11) is 0. The van der Waals surface area contributed by atoms with Crippen LogP contribution in [0.3, 0.4) is 0 Å². The summed E-state index contributed by atoms with van der Waals surface area (Å²) in [6, 6.07) is 5.45. The number of benzene rings is 1. The van der Waals surface area contributed by atoms with E-state index in [-0.39, 0.29) is 12.0 Å². The average Bonchev–Trinajstić information content (AvgIpc) is 2.33. The lowest BCUT2D eigenvalue weighted by atomic mass is 9.96. The first-order valence-corrected chi connectivity index (χ1v) is 6.43. The Labute approximate surface area is 110 Å². The van der Waals surface area contributed by atoms with Gasteiger partial charge in [0, 0.05) is 19.6 Å². The molecule has 19 heavy (non-hydrogen) atoms. The number of rotatable bonds is 2. The maximum atomic E-state index is 12.6. The molecule has 1 fully saturated rings. The molecule has 1 aliphatic heterocycles. The van der Waals surface area contributed by atoms with Crippen molar-refractivity contribution in [3.63, 3.8) is 0 Å². The smallest absolute Gasteiger partial charge is 0.393 e. The second kappa shape index (κ2) is 5.51. The number of halogens is 3. The second-order valence-corrected chi connectivity index (χ2v) is 5.27. The zero-order valence-corrected chi connectivity index (χ0v) is 10.8. The number of nitrogens with zero attached hydrogens (tertiary/aromatic N) is 1. The summed E-state index contributed by atoms with van der Waals surface area (Å²) in [5.74, 6) is 0.166. The molecule has 5 heteroatoms. The standard InChI is InChI=1S/C14H18F3NO/c1-10-8-18(6-5-13(10)19)9-11-3-2-4-12(7-11)14(15,16)17/h2-4,7,10,13,19H,5-6,8-9H2,1H3. The lowest BCUT2D eigenvalue weighted by Gasteiger charge is -2.34. The third kappa shape index (κ3) is 3.70. The number of hydrogen-bond acceptors (Lipinski definition) is 2. The Bertz CT molecular complexity index is 433. The van der Waals surface area contributed by atoms with Crippen LogP contribution in [0.5, 0.6) is 0 Å². The number of aliphatic hydroxyl groups excluding tert-OH is 1. The van der Waals surface area contributed by atoms with Crippen molar-refractivity contribution in [1.82, 2.24) is 4.90 Å². The molecular weight excluding hydrogens is 255 g/mol. The summed E-state index contributed by atoms with van der Waals surface area (Å²) in [4.78, 5) is 2.09. The Morgan fingerprint density at radius 2 is 2.11 bits per heavy atom. The predicted octanol–water partition coefficient (Wildman–Crippen LogP) is 2.91. The third-order valence-electron chi connectivity index (χ3n) is 3.60. The van der Waals surface area contributed by atoms with Gasteiger partial charge in [0.25, 0.3) is 0 Å². The van der Waals surface area contributed by atoms with Crippen molar-refractivity contribution in [2.45, 2.75) is 32.2 Å². The van der Waals surface area contributed by atoms with Gasteiger partial charge in [0.05, 0.1) is 11.7 Å². The molecule has 0 radical (unpaired) electrons. The van der Waals surface area contributed by atoms with E-state index in [0.717, 1.165) is 19.2 Å². The third-order valence-corrected chi connectivity index (χ3v) is 3.60. The fourth-order valence-electron chi connectivity index (χ4n) is 2.47. The molecule has 1 N–H and O–H groups in total. The Morgan fingerprint density at radius 1 is 1.37 bits per heavy atom. The molecule has 0 saturated carbocycles. The highest BCUT2D eigenvalue weighted by Crippen LogP contribution is 2.30. The van der Waals surface area contributed by atoms with E-state index in [9.17, 15) is 18.3 Å². The molecule has 2 unspecified atom stereocenters. The van der Waals surface area contributed by atoms with E-state index in [4.69, 9.17) is 0 Å². The van der Waals surface area contributed by atoms with Crippen molar-refractivity contribution in [3.8, 4) is 0 Å². The first-order valence-electron chi connectivity index (χ1n) is 6.43. The van der Waals surface area contributed by atoms with Gasteiger partial charge in [-0.25, -0.2) is 0 Å². The summed E-state index contributed by atoms with van der Waals surface area (Å²) < 4.78 is 37.8. The Kier molecular flexibility index (Phi) is 4.16. The number of aliphatic hydroxyl groups is 1. The zero-order chi connectivity index (χ0) is 14.0. The Balaban J connectivity index is 2.04. The second-order valence-electron chi connectivity index (χ2n) is 5.27. The normalized spacial score (nSPS) is 25.5. The molecule has 0 bridgehead atoms. The van der Waals surface area contributed by atoms with E-state index in [0.29, 0.717) is 18.5 Å². The van der Waals surface area contributed by atoms with Crippen LogP contribution in [-0.4, -0.2) is 29.2 Å². The lowest BCUT2D eigenvalue weighted by Crippen LogP contribution is -2.41. The molecule has 1 saturated heterocycles. The molecule has 106 valence electrons. The lowest BCUT2D eigenvalue weighted by molar-refractivity contribution is -0.137. The number of hydrogen-bond donors (Lipinski definition) is 1. The Morgan fingerprint density at radius 3 is 2.74 bits per heavy atom. The van der Waals surface area contributed by atoms with Crippen LogP contribution in [0, 0.1) is 5.92 Å². The van der Waals surface area contributed by atoms with Gasteiger partial charge < -0.3 is 5.11 Å². The van der Waals surface area contributed by atoms with E-state index in [2.05, 4.69) is 4.90 Å². The van der Waals surface area contributed by atoms with Gasteiger partial charge in [-0.2, -0.15) is 13.2 Å². The molecule has 0 aromatic heterocycles. The van der Waals surface area contributed by atoms with Crippen molar-refractivity contribution in [1.29, 1.82) is 0 Å². The quantitative estimate of drug-likeness (QED) is 0.895. The molecule has 0 spiro atoms. The van der Waals surface area contributed by atoms with Crippen LogP contribution in [0.25, 0.3) is 0 Å². The van der Waals surface area contributed by atoms with Gasteiger partial charge in [-0.05, 0) is 24.0 Å². The van der Waals surface area contributed by atoms with E-state index in [1.807, 2.05) is 6.92 Å².